The number of hydrogen-bond acceptors (Lipinski definition) is 2. The molecule has 0 aromatic heterocycles. The summed E-state index contributed by atoms with van der Waals surface area (Å²) in [6.45, 7) is 4.53. The van der Waals surface area contributed by atoms with Crippen LogP contribution in [0.15, 0.2) is 18.2 Å². The zero-order chi connectivity index (χ0) is 13.0. The van der Waals surface area contributed by atoms with E-state index in [0.29, 0.717) is 5.88 Å². The molecule has 0 radical (unpaired) electrons. The molecule has 0 amide bonds. The largest absolute Gasteiger partial charge is 0.371 e. The second kappa shape index (κ2) is 6.72. The lowest BCUT2D eigenvalue weighted by atomic mass is 10.1. The Morgan fingerprint density at radius 1 is 1.33 bits per heavy atom. The number of nitrogens with zero attached hydrogens (tertiary/aromatic N) is 1. The van der Waals surface area contributed by atoms with E-state index >= 15 is 0 Å². The van der Waals surface area contributed by atoms with Crippen molar-refractivity contribution in [1.82, 2.24) is 0 Å². The molecular weight excluding hydrogens is 262 g/mol. The molecule has 0 spiro atoms. The Morgan fingerprint density at radius 2 is 2.17 bits per heavy atom. The first-order valence-corrected chi connectivity index (χ1v) is 8.50. The second-order valence-corrected chi connectivity index (χ2v) is 6.43. The Kier molecular flexibility index (Phi) is 5.25. The molecule has 1 nitrogen and oxygen atoms in total. The quantitative estimate of drug-likeness (QED) is 0.754. The molecule has 1 aromatic carbocycles. The third kappa shape index (κ3) is 3.36. The van der Waals surface area contributed by atoms with Gasteiger partial charge < -0.3 is 4.90 Å². The predicted octanol–water partition coefficient (Wildman–Crippen LogP) is 4.46. The summed E-state index contributed by atoms with van der Waals surface area (Å²) in [6, 6.07) is 6.69. The van der Waals surface area contributed by atoms with E-state index in [4.69, 9.17) is 11.6 Å². The van der Waals surface area contributed by atoms with Gasteiger partial charge in [0.15, 0.2) is 0 Å². The molecule has 1 atom stereocenters. The normalized spacial score (nSPS) is 20.8. The van der Waals surface area contributed by atoms with E-state index in [1.807, 2.05) is 11.8 Å². The van der Waals surface area contributed by atoms with Crippen LogP contribution in [0.4, 0.5) is 5.69 Å². The van der Waals surface area contributed by atoms with Crippen molar-refractivity contribution < 1.29 is 0 Å². The van der Waals surface area contributed by atoms with E-state index in [1.54, 1.807) is 0 Å². The molecule has 1 aromatic rings. The smallest absolute Gasteiger partial charge is 0.0476 e. The highest BCUT2D eigenvalue weighted by Crippen LogP contribution is 2.26. The van der Waals surface area contributed by atoms with Gasteiger partial charge in [-0.05, 0) is 55.7 Å². The van der Waals surface area contributed by atoms with E-state index in [9.17, 15) is 0 Å². The van der Waals surface area contributed by atoms with Crippen LogP contribution in [0.2, 0.25) is 0 Å². The topological polar surface area (TPSA) is 3.24 Å². The van der Waals surface area contributed by atoms with Crippen LogP contribution in [0, 0.1) is 6.92 Å². The summed E-state index contributed by atoms with van der Waals surface area (Å²) >= 11 is 7.94. The van der Waals surface area contributed by atoms with Crippen molar-refractivity contribution in [1.29, 1.82) is 0 Å². The SMILES string of the molecule is CSC1CCCN(c2ccc(CCl)c(C)c2)CC1. The molecule has 1 fully saturated rings. The summed E-state index contributed by atoms with van der Waals surface area (Å²) in [4.78, 5) is 2.53. The molecule has 0 aliphatic carbocycles. The minimum Gasteiger partial charge on any atom is -0.371 e. The Balaban J connectivity index is 2.09. The summed E-state index contributed by atoms with van der Waals surface area (Å²) < 4.78 is 0. The third-order valence-electron chi connectivity index (χ3n) is 3.84. The van der Waals surface area contributed by atoms with Gasteiger partial charge in [0.1, 0.15) is 0 Å². The van der Waals surface area contributed by atoms with E-state index in [0.717, 1.165) is 5.25 Å². The summed E-state index contributed by atoms with van der Waals surface area (Å²) in [5.41, 5.74) is 3.92. The molecule has 0 N–H and O–H groups in total. The number of benzene rings is 1. The molecule has 1 unspecified atom stereocenters. The van der Waals surface area contributed by atoms with Crippen LogP contribution in [-0.4, -0.2) is 24.6 Å². The Bertz CT molecular complexity index is 394. The highest BCUT2D eigenvalue weighted by molar-refractivity contribution is 7.99. The van der Waals surface area contributed by atoms with Crippen LogP contribution < -0.4 is 4.90 Å². The van der Waals surface area contributed by atoms with Gasteiger partial charge in [-0.3, -0.25) is 0 Å². The zero-order valence-electron chi connectivity index (χ0n) is 11.3. The fraction of sp³-hybridized carbons (Fsp3) is 0.600. The molecule has 0 bridgehead atoms. The van der Waals surface area contributed by atoms with Crippen molar-refractivity contribution in [3.63, 3.8) is 0 Å². The van der Waals surface area contributed by atoms with Gasteiger partial charge in [0.2, 0.25) is 0 Å². The summed E-state index contributed by atoms with van der Waals surface area (Å²) in [7, 11) is 0. The highest BCUT2D eigenvalue weighted by Gasteiger charge is 2.16. The number of thioether (sulfide) groups is 1. The highest BCUT2D eigenvalue weighted by atomic mass is 35.5. The van der Waals surface area contributed by atoms with Crippen LogP contribution in [-0.2, 0) is 5.88 Å². The molecule has 1 heterocycles. The Labute approximate surface area is 120 Å². The minimum atomic E-state index is 0.612. The maximum atomic E-state index is 5.92. The number of hydrogen-bond donors (Lipinski definition) is 0. The summed E-state index contributed by atoms with van der Waals surface area (Å²) in [5, 5.41) is 0.846. The Hall–Kier alpha value is -0.340. The number of alkyl halides is 1. The monoisotopic (exact) mass is 283 g/mol. The van der Waals surface area contributed by atoms with Crippen molar-refractivity contribution in [3.05, 3.63) is 29.3 Å². The summed E-state index contributed by atoms with van der Waals surface area (Å²) in [5.74, 6) is 0.612. The zero-order valence-corrected chi connectivity index (χ0v) is 12.9. The van der Waals surface area contributed by atoms with Gasteiger partial charge in [-0.1, -0.05) is 6.07 Å². The fourth-order valence-corrected chi connectivity index (χ4v) is 3.63. The van der Waals surface area contributed by atoms with E-state index in [1.165, 1.54) is 49.2 Å². The van der Waals surface area contributed by atoms with Gasteiger partial charge >= 0.3 is 0 Å². The molecule has 0 saturated carbocycles. The fourth-order valence-electron chi connectivity index (χ4n) is 2.59. The van der Waals surface area contributed by atoms with E-state index in [-0.39, 0.29) is 0 Å². The van der Waals surface area contributed by atoms with Crippen molar-refractivity contribution >= 4 is 29.1 Å². The van der Waals surface area contributed by atoms with Crippen molar-refractivity contribution in [2.45, 2.75) is 37.3 Å². The molecule has 2 rings (SSSR count). The van der Waals surface area contributed by atoms with Gasteiger partial charge in [-0.2, -0.15) is 11.8 Å². The van der Waals surface area contributed by atoms with Crippen molar-refractivity contribution in [3.8, 4) is 0 Å². The lowest BCUT2D eigenvalue weighted by Crippen LogP contribution is -2.24. The van der Waals surface area contributed by atoms with Crippen LogP contribution >= 0.6 is 23.4 Å². The Morgan fingerprint density at radius 3 is 2.83 bits per heavy atom. The molecular formula is C15H22ClNS. The minimum absolute atomic E-state index is 0.612. The predicted molar refractivity (Wildman–Crippen MR) is 84.1 cm³/mol. The molecule has 1 saturated heterocycles. The number of aryl methyl sites for hydroxylation is 1. The first-order valence-electron chi connectivity index (χ1n) is 6.68. The van der Waals surface area contributed by atoms with Crippen LogP contribution in [0.3, 0.4) is 0 Å². The second-order valence-electron chi connectivity index (χ2n) is 5.02. The maximum Gasteiger partial charge on any atom is 0.0476 e. The molecule has 1 aliphatic heterocycles. The first-order chi connectivity index (χ1) is 8.74. The lowest BCUT2D eigenvalue weighted by Gasteiger charge is -2.23. The van der Waals surface area contributed by atoms with Crippen LogP contribution in [0.25, 0.3) is 0 Å². The lowest BCUT2D eigenvalue weighted by molar-refractivity contribution is 0.745. The number of anilines is 1. The van der Waals surface area contributed by atoms with Gasteiger partial charge in [-0.25, -0.2) is 0 Å². The summed E-state index contributed by atoms with van der Waals surface area (Å²) in [6.07, 6.45) is 6.20. The van der Waals surface area contributed by atoms with Gasteiger partial charge in [0.05, 0.1) is 0 Å². The van der Waals surface area contributed by atoms with Gasteiger partial charge in [0.25, 0.3) is 0 Å². The van der Waals surface area contributed by atoms with Crippen molar-refractivity contribution in [2.24, 2.45) is 0 Å². The molecule has 3 heteroatoms. The maximum absolute atomic E-state index is 5.92. The first kappa shape index (κ1) is 14.1. The van der Waals surface area contributed by atoms with E-state index < -0.39 is 0 Å². The number of rotatable bonds is 3. The van der Waals surface area contributed by atoms with Gasteiger partial charge in [0, 0.05) is 29.9 Å². The molecule has 100 valence electrons. The van der Waals surface area contributed by atoms with Crippen LogP contribution in [0.1, 0.15) is 30.4 Å². The average Bonchev–Trinajstić information content (AvgIpc) is 2.63. The third-order valence-corrected chi connectivity index (χ3v) is 5.27. The average molecular weight is 284 g/mol. The standard InChI is InChI=1S/C15H22ClNS/c1-12-10-14(6-5-13(12)11-16)17-8-3-4-15(18-2)7-9-17/h5-6,10,15H,3-4,7-9,11H2,1-2H3. The van der Waals surface area contributed by atoms with Crippen molar-refractivity contribution in [2.75, 3.05) is 24.2 Å². The molecule has 1 aliphatic rings. The van der Waals surface area contributed by atoms with E-state index in [2.05, 4.69) is 36.3 Å². The number of halogens is 1. The van der Waals surface area contributed by atoms with Crippen LogP contribution in [0.5, 0.6) is 0 Å². The van der Waals surface area contributed by atoms with Gasteiger partial charge in [-0.15, -0.1) is 11.6 Å². The molecule has 18 heavy (non-hydrogen) atoms.